The fourth-order valence-corrected chi connectivity index (χ4v) is 3.73. The normalized spacial score (nSPS) is 29.9. The van der Waals surface area contributed by atoms with E-state index in [1.54, 1.807) is 0 Å². The molecule has 20 heavy (non-hydrogen) atoms. The van der Waals surface area contributed by atoms with E-state index in [0.29, 0.717) is 0 Å². The van der Waals surface area contributed by atoms with Crippen LogP contribution in [0.25, 0.3) is 0 Å². The van der Waals surface area contributed by atoms with Gasteiger partial charge in [-0.15, -0.1) is 11.8 Å². The van der Waals surface area contributed by atoms with Crippen LogP contribution in [0, 0.1) is 11.8 Å². The Bertz CT molecular complexity index is 490. The highest BCUT2D eigenvalue weighted by atomic mass is 32.2. The Morgan fingerprint density at radius 2 is 1.55 bits per heavy atom. The molecule has 1 saturated carbocycles. The second-order valence-corrected chi connectivity index (χ2v) is 6.21. The monoisotopic (exact) mass is 296 g/mol. The maximum Gasteiger partial charge on any atom is 0.307 e. The Morgan fingerprint density at radius 3 is 2.10 bits per heavy atom. The summed E-state index contributed by atoms with van der Waals surface area (Å²) in [6, 6.07) is 9.38. The lowest BCUT2D eigenvalue weighted by Crippen LogP contribution is -2.43. The lowest BCUT2D eigenvalue weighted by atomic mass is 9.77. The molecule has 0 amide bonds. The molecule has 4 unspecified atom stereocenters. The van der Waals surface area contributed by atoms with Gasteiger partial charge in [-0.2, -0.15) is 0 Å². The highest BCUT2D eigenvalue weighted by Gasteiger charge is 2.43. The third-order valence-electron chi connectivity index (χ3n) is 3.56. The number of aliphatic hydroxyl groups excluding tert-OH is 1. The molecule has 0 aliphatic heterocycles. The molecule has 1 fully saturated rings. The summed E-state index contributed by atoms with van der Waals surface area (Å²) in [4.78, 5) is 23.3. The first kappa shape index (κ1) is 14.9. The molecular weight excluding hydrogens is 280 g/mol. The molecule has 1 aliphatic carbocycles. The van der Waals surface area contributed by atoms with Crippen molar-refractivity contribution in [1.82, 2.24) is 0 Å². The maximum atomic E-state index is 11.2. The van der Waals surface area contributed by atoms with Crippen molar-refractivity contribution in [1.29, 1.82) is 0 Å². The molecule has 0 aromatic heterocycles. The number of hydrogen-bond acceptors (Lipinski definition) is 4. The zero-order valence-corrected chi connectivity index (χ0v) is 11.5. The van der Waals surface area contributed by atoms with E-state index in [-0.39, 0.29) is 18.1 Å². The highest BCUT2D eigenvalue weighted by molar-refractivity contribution is 8.00. The van der Waals surface area contributed by atoms with E-state index < -0.39 is 29.9 Å². The molecule has 4 atom stereocenters. The molecule has 5 nitrogen and oxygen atoms in total. The van der Waals surface area contributed by atoms with Gasteiger partial charge in [0.05, 0.1) is 17.9 Å². The highest BCUT2D eigenvalue weighted by Crippen LogP contribution is 2.39. The first-order chi connectivity index (χ1) is 9.49. The molecule has 1 aromatic carbocycles. The van der Waals surface area contributed by atoms with Gasteiger partial charge in [-0.05, 0) is 25.0 Å². The summed E-state index contributed by atoms with van der Waals surface area (Å²) in [5, 5.41) is 28.0. The van der Waals surface area contributed by atoms with Crippen LogP contribution < -0.4 is 0 Å². The standard InChI is InChI=1S/C14H16O5S/c15-11-6-9(13(16)17)10(14(18)19)7-12(11)20-8-4-2-1-3-5-8/h1-5,9-12,15H,6-7H2,(H,16,17)(H,18,19). The lowest BCUT2D eigenvalue weighted by molar-refractivity contribution is -0.157. The smallest absolute Gasteiger partial charge is 0.307 e. The Hall–Kier alpha value is -1.53. The zero-order chi connectivity index (χ0) is 14.7. The quantitative estimate of drug-likeness (QED) is 0.783. The van der Waals surface area contributed by atoms with Crippen molar-refractivity contribution in [3.05, 3.63) is 30.3 Å². The number of hydrogen-bond donors (Lipinski definition) is 3. The summed E-state index contributed by atoms with van der Waals surface area (Å²) in [6.07, 6.45) is -0.666. The van der Waals surface area contributed by atoms with Gasteiger partial charge < -0.3 is 15.3 Å². The molecule has 0 saturated heterocycles. The van der Waals surface area contributed by atoms with E-state index in [0.717, 1.165) is 4.90 Å². The summed E-state index contributed by atoms with van der Waals surface area (Å²) in [6.45, 7) is 0. The van der Waals surface area contributed by atoms with E-state index in [1.807, 2.05) is 30.3 Å². The van der Waals surface area contributed by atoms with Crippen LogP contribution in [-0.4, -0.2) is 38.6 Å². The minimum absolute atomic E-state index is 0.0171. The second-order valence-electron chi connectivity index (χ2n) is 4.90. The van der Waals surface area contributed by atoms with Crippen molar-refractivity contribution in [2.24, 2.45) is 11.8 Å². The van der Waals surface area contributed by atoms with Gasteiger partial charge in [0.25, 0.3) is 0 Å². The average Bonchev–Trinajstić information content (AvgIpc) is 2.41. The third kappa shape index (κ3) is 3.32. The zero-order valence-electron chi connectivity index (χ0n) is 10.7. The molecule has 108 valence electrons. The molecular formula is C14H16O5S. The number of carboxylic acid groups (broad SMARTS) is 2. The van der Waals surface area contributed by atoms with Gasteiger partial charge in [-0.25, -0.2) is 0 Å². The van der Waals surface area contributed by atoms with Crippen LogP contribution in [0.3, 0.4) is 0 Å². The van der Waals surface area contributed by atoms with Crippen molar-refractivity contribution in [2.45, 2.75) is 29.1 Å². The number of rotatable bonds is 4. The summed E-state index contributed by atoms with van der Waals surface area (Å²) < 4.78 is 0. The van der Waals surface area contributed by atoms with Crippen molar-refractivity contribution in [2.75, 3.05) is 0 Å². The van der Waals surface area contributed by atoms with Gasteiger partial charge in [0.1, 0.15) is 0 Å². The number of aliphatic carboxylic acids is 2. The van der Waals surface area contributed by atoms with Crippen LogP contribution in [0.5, 0.6) is 0 Å². The van der Waals surface area contributed by atoms with Crippen LogP contribution in [-0.2, 0) is 9.59 Å². The fourth-order valence-electron chi connectivity index (χ4n) is 2.49. The number of carbonyl (C=O) groups is 2. The second kappa shape index (κ2) is 6.28. The van der Waals surface area contributed by atoms with Crippen molar-refractivity contribution >= 4 is 23.7 Å². The van der Waals surface area contributed by atoms with Gasteiger partial charge in [-0.3, -0.25) is 9.59 Å². The minimum atomic E-state index is -1.15. The predicted molar refractivity (Wildman–Crippen MR) is 73.6 cm³/mol. The van der Waals surface area contributed by atoms with Crippen LogP contribution in [0.4, 0.5) is 0 Å². The Balaban J connectivity index is 2.12. The van der Waals surface area contributed by atoms with E-state index in [2.05, 4.69) is 0 Å². The first-order valence-electron chi connectivity index (χ1n) is 6.34. The Morgan fingerprint density at radius 1 is 1.00 bits per heavy atom. The third-order valence-corrected chi connectivity index (χ3v) is 4.92. The van der Waals surface area contributed by atoms with Crippen molar-refractivity contribution < 1.29 is 24.9 Å². The molecule has 0 bridgehead atoms. The number of carboxylic acids is 2. The first-order valence-corrected chi connectivity index (χ1v) is 7.22. The minimum Gasteiger partial charge on any atom is -0.481 e. The Kier molecular flexibility index (Phi) is 4.67. The van der Waals surface area contributed by atoms with Crippen molar-refractivity contribution in [3.8, 4) is 0 Å². The maximum absolute atomic E-state index is 11.2. The Labute approximate surface area is 120 Å². The molecule has 0 radical (unpaired) electrons. The van der Waals surface area contributed by atoms with Crippen LogP contribution in [0.15, 0.2) is 35.2 Å². The van der Waals surface area contributed by atoms with Gasteiger partial charge in [0.2, 0.25) is 0 Å². The topological polar surface area (TPSA) is 94.8 Å². The number of aliphatic hydroxyl groups is 1. The van der Waals surface area contributed by atoms with Gasteiger partial charge in [0.15, 0.2) is 0 Å². The van der Waals surface area contributed by atoms with E-state index in [9.17, 15) is 19.8 Å². The van der Waals surface area contributed by atoms with E-state index in [4.69, 9.17) is 5.11 Å². The average molecular weight is 296 g/mol. The van der Waals surface area contributed by atoms with Gasteiger partial charge in [-0.1, -0.05) is 18.2 Å². The van der Waals surface area contributed by atoms with Gasteiger partial charge >= 0.3 is 11.9 Å². The molecule has 0 spiro atoms. The molecule has 1 aliphatic rings. The summed E-state index contributed by atoms with van der Waals surface area (Å²) in [5.41, 5.74) is 0. The van der Waals surface area contributed by atoms with E-state index in [1.165, 1.54) is 11.8 Å². The predicted octanol–water partition coefficient (Wildman–Crippen LogP) is 1.70. The molecule has 2 rings (SSSR count). The van der Waals surface area contributed by atoms with Crippen molar-refractivity contribution in [3.63, 3.8) is 0 Å². The van der Waals surface area contributed by atoms with Gasteiger partial charge in [0, 0.05) is 10.1 Å². The lowest BCUT2D eigenvalue weighted by Gasteiger charge is -2.35. The summed E-state index contributed by atoms with van der Waals surface area (Å²) in [5.74, 6) is -4.23. The molecule has 3 N–H and O–H groups in total. The molecule has 0 heterocycles. The van der Waals surface area contributed by atoms with Crippen LogP contribution in [0.1, 0.15) is 12.8 Å². The van der Waals surface area contributed by atoms with Crippen LogP contribution >= 0.6 is 11.8 Å². The van der Waals surface area contributed by atoms with Crippen LogP contribution in [0.2, 0.25) is 0 Å². The largest absolute Gasteiger partial charge is 0.481 e. The summed E-state index contributed by atoms with van der Waals surface area (Å²) in [7, 11) is 0. The number of thioether (sulfide) groups is 1. The summed E-state index contributed by atoms with van der Waals surface area (Å²) >= 11 is 1.40. The van der Waals surface area contributed by atoms with E-state index >= 15 is 0 Å². The molecule has 6 heteroatoms. The SMILES string of the molecule is O=C(O)C1CC(O)C(Sc2ccccc2)CC1C(=O)O. The molecule has 1 aromatic rings. The number of benzene rings is 1. The fraction of sp³-hybridized carbons (Fsp3) is 0.429.